The molecule has 0 aliphatic carbocycles. The highest BCUT2D eigenvalue weighted by Crippen LogP contribution is 2.35. The Labute approximate surface area is 105 Å². The van der Waals surface area contributed by atoms with Crippen LogP contribution in [0.3, 0.4) is 0 Å². The van der Waals surface area contributed by atoms with E-state index in [0.29, 0.717) is 13.1 Å². The maximum absolute atomic E-state index is 10.2. The van der Waals surface area contributed by atoms with Gasteiger partial charge in [-0.05, 0) is 23.9 Å². The number of aliphatic hydroxyl groups is 1. The van der Waals surface area contributed by atoms with Crippen LogP contribution < -0.4 is 4.90 Å². The summed E-state index contributed by atoms with van der Waals surface area (Å²) in [5.74, 6) is 1.02. The Morgan fingerprint density at radius 3 is 3.06 bits per heavy atom. The van der Waals surface area contributed by atoms with Gasteiger partial charge in [-0.2, -0.15) is 0 Å². The number of thiophene rings is 1. The van der Waals surface area contributed by atoms with Gasteiger partial charge in [0.1, 0.15) is 5.82 Å². The van der Waals surface area contributed by atoms with E-state index in [-0.39, 0.29) is 0 Å². The molecule has 1 aliphatic rings. The molecule has 17 heavy (non-hydrogen) atoms. The van der Waals surface area contributed by atoms with Crippen molar-refractivity contribution in [1.29, 1.82) is 0 Å². The molecule has 0 spiro atoms. The Balaban J connectivity index is 1.85. The zero-order valence-electron chi connectivity index (χ0n) is 9.89. The lowest BCUT2D eigenvalue weighted by Gasteiger charge is -2.47. The van der Waals surface area contributed by atoms with Crippen LogP contribution in [0.2, 0.25) is 0 Å². The van der Waals surface area contributed by atoms with Crippen LogP contribution in [0, 0.1) is 0 Å². The highest BCUT2D eigenvalue weighted by atomic mass is 32.1. The van der Waals surface area contributed by atoms with Gasteiger partial charge in [-0.1, -0.05) is 13.3 Å². The molecule has 1 N–H and O–H groups in total. The molecule has 1 aliphatic heterocycles. The van der Waals surface area contributed by atoms with E-state index >= 15 is 0 Å². The van der Waals surface area contributed by atoms with E-state index in [1.54, 1.807) is 11.3 Å². The summed E-state index contributed by atoms with van der Waals surface area (Å²) in [6.45, 7) is 3.53. The second-order valence-electron chi connectivity index (χ2n) is 4.80. The molecule has 0 unspecified atom stereocenters. The number of anilines is 1. The highest BCUT2D eigenvalue weighted by Gasteiger charge is 2.41. The third-order valence-electron chi connectivity index (χ3n) is 3.34. The zero-order chi connectivity index (χ0) is 11.9. The molecule has 3 heterocycles. The molecular weight excluding hydrogens is 232 g/mol. The first-order valence-electron chi connectivity index (χ1n) is 6.01. The highest BCUT2D eigenvalue weighted by molar-refractivity contribution is 7.17. The van der Waals surface area contributed by atoms with Gasteiger partial charge in [-0.25, -0.2) is 4.98 Å². The number of hydrogen-bond acceptors (Lipinski definition) is 4. The maximum Gasteiger partial charge on any atom is 0.137 e. The SMILES string of the molecule is CCCC1(O)CN(c2nccc3sccc23)C1. The molecule has 0 saturated carbocycles. The quantitative estimate of drug-likeness (QED) is 0.907. The van der Waals surface area contributed by atoms with Crippen molar-refractivity contribution in [1.82, 2.24) is 4.98 Å². The third-order valence-corrected chi connectivity index (χ3v) is 4.23. The summed E-state index contributed by atoms with van der Waals surface area (Å²) in [5, 5.41) is 13.5. The third kappa shape index (κ3) is 1.81. The van der Waals surface area contributed by atoms with Gasteiger partial charge in [0.05, 0.1) is 5.60 Å². The van der Waals surface area contributed by atoms with Crippen molar-refractivity contribution in [2.45, 2.75) is 25.4 Å². The summed E-state index contributed by atoms with van der Waals surface area (Å²) in [4.78, 5) is 6.62. The van der Waals surface area contributed by atoms with Crippen molar-refractivity contribution < 1.29 is 5.11 Å². The van der Waals surface area contributed by atoms with Gasteiger partial charge < -0.3 is 10.0 Å². The van der Waals surface area contributed by atoms with Gasteiger partial charge in [-0.15, -0.1) is 11.3 Å². The minimum Gasteiger partial charge on any atom is -0.386 e. The largest absolute Gasteiger partial charge is 0.386 e. The lowest BCUT2D eigenvalue weighted by Crippen LogP contribution is -2.62. The molecular formula is C13H16N2OS. The van der Waals surface area contributed by atoms with Crippen molar-refractivity contribution in [2.24, 2.45) is 0 Å². The van der Waals surface area contributed by atoms with Gasteiger partial charge >= 0.3 is 0 Å². The van der Waals surface area contributed by atoms with E-state index < -0.39 is 5.60 Å². The fraction of sp³-hybridized carbons (Fsp3) is 0.462. The Morgan fingerprint density at radius 1 is 1.47 bits per heavy atom. The average molecular weight is 248 g/mol. The maximum atomic E-state index is 10.2. The number of fused-ring (bicyclic) bond motifs is 1. The van der Waals surface area contributed by atoms with Crippen molar-refractivity contribution in [2.75, 3.05) is 18.0 Å². The van der Waals surface area contributed by atoms with Crippen LogP contribution in [0.15, 0.2) is 23.7 Å². The van der Waals surface area contributed by atoms with E-state index in [0.717, 1.165) is 18.7 Å². The summed E-state index contributed by atoms with van der Waals surface area (Å²) in [7, 11) is 0. The van der Waals surface area contributed by atoms with Crippen LogP contribution in [-0.4, -0.2) is 28.8 Å². The summed E-state index contributed by atoms with van der Waals surface area (Å²) in [5.41, 5.74) is -0.491. The smallest absolute Gasteiger partial charge is 0.137 e. The number of hydrogen-bond donors (Lipinski definition) is 1. The minimum atomic E-state index is -0.491. The molecule has 3 nitrogen and oxygen atoms in total. The van der Waals surface area contributed by atoms with E-state index in [9.17, 15) is 5.11 Å². The van der Waals surface area contributed by atoms with Crippen molar-refractivity contribution in [3.8, 4) is 0 Å². The van der Waals surface area contributed by atoms with Crippen LogP contribution in [-0.2, 0) is 0 Å². The van der Waals surface area contributed by atoms with Crippen LogP contribution in [0.1, 0.15) is 19.8 Å². The predicted molar refractivity (Wildman–Crippen MR) is 71.7 cm³/mol. The van der Waals surface area contributed by atoms with Gasteiger partial charge in [0.15, 0.2) is 0 Å². The summed E-state index contributed by atoms with van der Waals surface area (Å²) >= 11 is 1.73. The van der Waals surface area contributed by atoms with Crippen molar-refractivity contribution in [3.63, 3.8) is 0 Å². The molecule has 1 saturated heterocycles. The first-order chi connectivity index (χ1) is 8.22. The molecule has 2 aromatic heterocycles. The van der Waals surface area contributed by atoms with Crippen molar-refractivity contribution >= 4 is 27.2 Å². The van der Waals surface area contributed by atoms with E-state index in [1.165, 1.54) is 10.1 Å². The first-order valence-corrected chi connectivity index (χ1v) is 6.89. The predicted octanol–water partition coefficient (Wildman–Crippen LogP) is 2.65. The number of nitrogens with zero attached hydrogens (tertiary/aromatic N) is 2. The first kappa shape index (κ1) is 11.0. The van der Waals surface area contributed by atoms with Gasteiger partial charge in [0, 0.05) is 29.4 Å². The number of pyridine rings is 1. The fourth-order valence-electron chi connectivity index (χ4n) is 2.57. The Bertz CT molecular complexity index is 531. The second kappa shape index (κ2) is 3.96. The second-order valence-corrected chi connectivity index (χ2v) is 5.75. The van der Waals surface area contributed by atoms with E-state index in [1.807, 2.05) is 12.3 Å². The summed E-state index contributed by atoms with van der Waals surface area (Å²) < 4.78 is 1.26. The summed E-state index contributed by atoms with van der Waals surface area (Å²) in [6.07, 6.45) is 3.76. The normalized spacial score (nSPS) is 18.4. The standard InChI is InChI=1S/C13H16N2OS/c1-2-5-13(16)8-15(9-13)12-10-4-7-17-11(10)3-6-14-12/h3-4,6-7,16H,2,5,8-9H2,1H3. The number of aromatic nitrogens is 1. The molecule has 1 fully saturated rings. The molecule has 3 rings (SSSR count). The van der Waals surface area contributed by atoms with Gasteiger partial charge in [-0.3, -0.25) is 0 Å². The lowest BCUT2D eigenvalue weighted by molar-refractivity contribution is 0.00312. The Kier molecular flexibility index (Phi) is 2.56. The van der Waals surface area contributed by atoms with Crippen LogP contribution in [0.4, 0.5) is 5.82 Å². The van der Waals surface area contributed by atoms with Crippen LogP contribution in [0.25, 0.3) is 10.1 Å². The molecule has 0 amide bonds. The molecule has 2 aromatic rings. The molecule has 90 valence electrons. The van der Waals surface area contributed by atoms with E-state index in [2.05, 4.69) is 28.3 Å². The number of β-amino-alcohol motifs (C(OH)–C–C–N with tert-alkyl or cyclic N) is 1. The molecule has 0 radical (unpaired) electrons. The van der Waals surface area contributed by atoms with Gasteiger partial charge in [0.25, 0.3) is 0 Å². The molecule has 0 atom stereocenters. The lowest BCUT2D eigenvalue weighted by atomic mass is 9.89. The van der Waals surface area contributed by atoms with Crippen molar-refractivity contribution in [3.05, 3.63) is 23.7 Å². The number of rotatable bonds is 3. The average Bonchev–Trinajstić information content (AvgIpc) is 2.73. The van der Waals surface area contributed by atoms with E-state index in [4.69, 9.17) is 0 Å². The van der Waals surface area contributed by atoms with Crippen LogP contribution in [0.5, 0.6) is 0 Å². The summed E-state index contributed by atoms with van der Waals surface area (Å²) in [6, 6.07) is 4.15. The topological polar surface area (TPSA) is 36.4 Å². The monoisotopic (exact) mass is 248 g/mol. The van der Waals surface area contributed by atoms with Crippen LogP contribution >= 0.6 is 11.3 Å². The Morgan fingerprint density at radius 2 is 2.29 bits per heavy atom. The molecule has 0 bridgehead atoms. The fourth-order valence-corrected chi connectivity index (χ4v) is 3.35. The minimum absolute atomic E-state index is 0.491. The Hall–Kier alpha value is -1.13. The van der Waals surface area contributed by atoms with Gasteiger partial charge in [0.2, 0.25) is 0 Å². The molecule has 4 heteroatoms. The zero-order valence-corrected chi connectivity index (χ0v) is 10.7. The molecule has 0 aromatic carbocycles.